The SMILES string of the molecule is Cc1cc(NC(=O)CCCN2C(=O)c3ccc(Br)cc3C2=O)ccc1C(N)=O. The van der Waals surface area contributed by atoms with E-state index in [1.807, 2.05) is 0 Å². The van der Waals surface area contributed by atoms with E-state index in [0.29, 0.717) is 34.4 Å². The molecule has 2 aromatic rings. The Balaban J connectivity index is 1.55. The average Bonchev–Trinajstić information content (AvgIpc) is 2.85. The molecule has 0 saturated heterocycles. The Bertz CT molecular complexity index is 1000. The lowest BCUT2D eigenvalue weighted by Crippen LogP contribution is -2.31. The molecule has 0 saturated carbocycles. The van der Waals surface area contributed by atoms with Crippen LogP contribution in [-0.4, -0.2) is 35.1 Å². The summed E-state index contributed by atoms with van der Waals surface area (Å²) in [6, 6.07) is 9.79. The number of hydrogen-bond acceptors (Lipinski definition) is 4. The molecule has 0 radical (unpaired) electrons. The van der Waals surface area contributed by atoms with Crippen molar-refractivity contribution in [3.8, 4) is 0 Å². The number of nitrogens with two attached hydrogens (primary N) is 1. The van der Waals surface area contributed by atoms with Crippen molar-refractivity contribution in [3.05, 3.63) is 63.1 Å². The molecular formula is C20H18BrN3O4. The van der Waals surface area contributed by atoms with E-state index in [-0.39, 0.29) is 30.7 Å². The smallest absolute Gasteiger partial charge is 0.261 e. The van der Waals surface area contributed by atoms with E-state index in [1.165, 1.54) is 0 Å². The van der Waals surface area contributed by atoms with Crippen LogP contribution in [0.5, 0.6) is 0 Å². The highest BCUT2D eigenvalue weighted by atomic mass is 79.9. The van der Waals surface area contributed by atoms with Crippen molar-refractivity contribution in [3.63, 3.8) is 0 Å². The summed E-state index contributed by atoms with van der Waals surface area (Å²) < 4.78 is 0.728. The van der Waals surface area contributed by atoms with Gasteiger partial charge in [0.1, 0.15) is 0 Å². The van der Waals surface area contributed by atoms with Gasteiger partial charge in [-0.05, 0) is 55.3 Å². The Morgan fingerprint density at radius 1 is 1.07 bits per heavy atom. The van der Waals surface area contributed by atoms with E-state index in [2.05, 4.69) is 21.2 Å². The number of aryl methyl sites for hydroxylation is 1. The van der Waals surface area contributed by atoms with Crippen LogP contribution in [0.2, 0.25) is 0 Å². The molecule has 0 unspecified atom stereocenters. The minimum Gasteiger partial charge on any atom is -0.366 e. The lowest BCUT2D eigenvalue weighted by atomic mass is 10.1. The number of carbonyl (C=O) groups is 4. The molecule has 2 aromatic carbocycles. The highest BCUT2D eigenvalue weighted by Gasteiger charge is 2.35. The summed E-state index contributed by atoms with van der Waals surface area (Å²) in [5.41, 5.74) is 7.63. The molecule has 8 heteroatoms. The lowest BCUT2D eigenvalue weighted by molar-refractivity contribution is -0.116. The van der Waals surface area contributed by atoms with Gasteiger partial charge < -0.3 is 11.1 Å². The van der Waals surface area contributed by atoms with Gasteiger partial charge in [0.2, 0.25) is 11.8 Å². The van der Waals surface area contributed by atoms with E-state index >= 15 is 0 Å². The maximum atomic E-state index is 12.4. The first-order valence-corrected chi connectivity index (χ1v) is 9.43. The van der Waals surface area contributed by atoms with Crippen molar-refractivity contribution in [2.24, 2.45) is 5.73 Å². The van der Waals surface area contributed by atoms with Gasteiger partial charge in [0.05, 0.1) is 11.1 Å². The number of amides is 4. The number of fused-ring (bicyclic) bond motifs is 1. The largest absolute Gasteiger partial charge is 0.366 e. The Labute approximate surface area is 170 Å². The number of carbonyl (C=O) groups excluding carboxylic acids is 4. The van der Waals surface area contributed by atoms with Gasteiger partial charge in [-0.25, -0.2) is 0 Å². The van der Waals surface area contributed by atoms with Crippen molar-refractivity contribution < 1.29 is 19.2 Å². The number of benzene rings is 2. The zero-order valence-electron chi connectivity index (χ0n) is 15.1. The first kappa shape index (κ1) is 19.8. The quantitative estimate of drug-likeness (QED) is 0.668. The molecule has 28 heavy (non-hydrogen) atoms. The molecule has 0 spiro atoms. The van der Waals surface area contributed by atoms with E-state index in [9.17, 15) is 19.2 Å². The van der Waals surface area contributed by atoms with Gasteiger partial charge >= 0.3 is 0 Å². The molecule has 3 N–H and O–H groups in total. The minimum absolute atomic E-state index is 0.147. The van der Waals surface area contributed by atoms with E-state index < -0.39 is 5.91 Å². The second-order valence-electron chi connectivity index (χ2n) is 6.50. The van der Waals surface area contributed by atoms with Crippen LogP contribution in [0.3, 0.4) is 0 Å². The fraction of sp³-hybridized carbons (Fsp3) is 0.200. The van der Waals surface area contributed by atoms with Crippen molar-refractivity contribution in [1.29, 1.82) is 0 Å². The first-order valence-electron chi connectivity index (χ1n) is 8.64. The molecule has 4 amide bonds. The number of primary amides is 1. The van der Waals surface area contributed by atoms with Crippen molar-refractivity contribution in [1.82, 2.24) is 4.90 Å². The Morgan fingerprint density at radius 3 is 2.46 bits per heavy atom. The minimum atomic E-state index is -0.525. The van der Waals surface area contributed by atoms with Crippen LogP contribution < -0.4 is 11.1 Å². The molecule has 7 nitrogen and oxygen atoms in total. The van der Waals surface area contributed by atoms with Crippen LogP contribution in [0.25, 0.3) is 0 Å². The predicted molar refractivity (Wildman–Crippen MR) is 107 cm³/mol. The van der Waals surface area contributed by atoms with Crippen molar-refractivity contribution >= 4 is 45.2 Å². The van der Waals surface area contributed by atoms with Gasteiger partial charge in [-0.1, -0.05) is 15.9 Å². The van der Waals surface area contributed by atoms with Gasteiger partial charge in [-0.15, -0.1) is 0 Å². The van der Waals surface area contributed by atoms with Gasteiger partial charge in [0.25, 0.3) is 11.8 Å². The molecule has 0 fully saturated rings. The summed E-state index contributed by atoms with van der Waals surface area (Å²) in [6.45, 7) is 1.90. The average molecular weight is 444 g/mol. The number of nitrogens with zero attached hydrogens (tertiary/aromatic N) is 1. The standard InChI is InChI=1S/C20H18BrN3O4/c1-11-9-13(5-7-14(11)18(22)26)23-17(25)3-2-8-24-19(27)15-6-4-12(21)10-16(15)20(24)28/h4-7,9-10H,2-3,8H2,1H3,(H2,22,26)(H,23,25). The highest BCUT2D eigenvalue weighted by Crippen LogP contribution is 2.26. The molecule has 0 aromatic heterocycles. The van der Waals surface area contributed by atoms with E-state index in [4.69, 9.17) is 5.73 Å². The zero-order valence-corrected chi connectivity index (χ0v) is 16.7. The maximum absolute atomic E-state index is 12.4. The molecular weight excluding hydrogens is 426 g/mol. The van der Waals surface area contributed by atoms with Gasteiger partial charge in [-0.2, -0.15) is 0 Å². The van der Waals surface area contributed by atoms with Crippen LogP contribution in [0, 0.1) is 6.92 Å². The topological polar surface area (TPSA) is 110 Å². The summed E-state index contributed by atoms with van der Waals surface area (Å²) in [5.74, 6) is -1.46. The summed E-state index contributed by atoms with van der Waals surface area (Å²) in [6.07, 6.45) is 0.491. The fourth-order valence-corrected chi connectivity index (χ4v) is 3.47. The molecule has 144 valence electrons. The molecule has 1 aliphatic rings. The van der Waals surface area contributed by atoms with Gasteiger partial charge in [-0.3, -0.25) is 24.1 Å². The molecule has 0 aliphatic carbocycles. The number of nitrogens with one attached hydrogen (secondary N) is 1. The zero-order chi connectivity index (χ0) is 20.4. The molecule has 1 heterocycles. The van der Waals surface area contributed by atoms with E-state index in [0.717, 1.165) is 9.37 Å². The number of halogens is 1. The summed E-state index contributed by atoms with van der Waals surface area (Å²) in [4.78, 5) is 49.3. The normalized spacial score (nSPS) is 12.9. The maximum Gasteiger partial charge on any atom is 0.261 e. The highest BCUT2D eigenvalue weighted by molar-refractivity contribution is 9.10. The van der Waals surface area contributed by atoms with Gasteiger partial charge in [0, 0.05) is 28.7 Å². The number of anilines is 1. The predicted octanol–water partition coefficient (Wildman–Crippen LogP) is 2.87. The monoisotopic (exact) mass is 443 g/mol. The van der Waals surface area contributed by atoms with Crippen LogP contribution in [0.15, 0.2) is 40.9 Å². The summed E-state index contributed by atoms with van der Waals surface area (Å²) >= 11 is 3.29. The molecule has 0 bridgehead atoms. The van der Waals surface area contributed by atoms with Crippen LogP contribution in [0.4, 0.5) is 5.69 Å². The van der Waals surface area contributed by atoms with Crippen molar-refractivity contribution in [2.45, 2.75) is 19.8 Å². The number of hydrogen-bond donors (Lipinski definition) is 2. The molecule has 3 rings (SSSR count). The third kappa shape index (κ3) is 3.96. The second kappa shape index (κ2) is 7.93. The van der Waals surface area contributed by atoms with Crippen LogP contribution in [0.1, 0.15) is 49.5 Å². The Hall–Kier alpha value is -3.00. The summed E-state index contributed by atoms with van der Waals surface area (Å²) in [5, 5.41) is 2.74. The summed E-state index contributed by atoms with van der Waals surface area (Å²) in [7, 11) is 0. The lowest BCUT2D eigenvalue weighted by Gasteiger charge is -2.13. The molecule has 1 aliphatic heterocycles. The number of rotatable bonds is 6. The first-order chi connectivity index (χ1) is 13.3. The third-order valence-electron chi connectivity index (χ3n) is 4.49. The van der Waals surface area contributed by atoms with Crippen LogP contribution >= 0.6 is 15.9 Å². The third-order valence-corrected chi connectivity index (χ3v) is 4.99. The number of imide groups is 1. The van der Waals surface area contributed by atoms with Gasteiger partial charge in [0.15, 0.2) is 0 Å². The Morgan fingerprint density at radius 2 is 1.79 bits per heavy atom. The Kier molecular flexibility index (Phi) is 5.60. The second-order valence-corrected chi connectivity index (χ2v) is 7.41. The van der Waals surface area contributed by atoms with E-state index in [1.54, 1.807) is 43.3 Å². The van der Waals surface area contributed by atoms with Crippen molar-refractivity contribution in [2.75, 3.05) is 11.9 Å². The van der Waals surface area contributed by atoms with Crippen LogP contribution in [-0.2, 0) is 4.79 Å². The molecule has 0 atom stereocenters. The fourth-order valence-electron chi connectivity index (χ4n) is 3.11.